The first kappa shape index (κ1) is 12.6. The SMILES string of the molecule is C=CC1(C)C=CC(OCOC)=C2NC(=O)CC=C21. The summed E-state index contributed by atoms with van der Waals surface area (Å²) in [5.74, 6) is 0.587. The molecule has 1 heterocycles. The summed E-state index contributed by atoms with van der Waals surface area (Å²) in [6.07, 6.45) is 8.03. The monoisotopic (exact) mass is 247 g/mol. The number of carbonyl (C=O) groups excluding carboxylic acids is 1. The van der Waals surface area contributed by atoms with Crippen LogP contribution in [0, 0.1) is 5.41 Å². The van der Waals surface area contributed by atoms with Crippen molar-refractivity contribution in [3.05, 3.63) is 47.9 Å². The number of amides is 1. The minimum Gasteiger partial charge on any atom is -0.465 e. The Balaban J connectivity index is 2.42. The van der Waals surface area contributed by atoms with Gasteiger partial charge in [-0.3, -0.25) is 4.79 Å². The van der Waals surface area contributed by atoms with Gasteiger partial charge in [-0.1, -0.05) is 18.2 Å². The Bertz CT molecular complexity index is 473. The maximum Gasteiger partial charge on any atom is 0.228 e. The summed E-state index contributed by atoms with van der Waals surface area (Å²) in [5.41, 5.74) is 1.46. The Morgan fingerprint density at radius 3 is 3.06 bits per heavy atom. The largest absolute Gasteiger partial charge is 0.465 e. The molecule has 0 fully saturated rings. The van der Waals surface area contributed by atoms with Crippen molar-refractivity contribution in [2.24, 2.45) is 5.41 Å². The predicted octanol–water partition coefficient (Wildman–Crippen LogP) is 2.03. The predicted molar refractivity (Wildman–Crippen MR) is 68.3 cm³/mol. The van der Waals surface area contributed by atoms with Gasteiger partial charge in [0.15, 0.2) is 6.79 Å². The summed E-state index contributed by atoms with van der Waals surface area (Å²) in [5, 5.41) is 2.86. The average molecular weight is 247 g/mol. The van der Waals surface area contributed by atoms with Crippen LogP contribution in [0.3, 0.4) is 0 Å². The fourth-order valence-corrected chi connectivity index (χ4v) is 2.08. The van der Waals surface area contributed by atoms with Crippen LogP contribution in [0.1, 0.15) is 13.3 Å². The van der Waals surface area contributed by atoms with Crippen molar-refractivity contribution in [2.75, 3.05) is 13.9 Å². The van der Waals surface area contributed by atoms with E-state index in [1.54, 1.807) is 7.11 Å². The normalized spacial score (nSPS) is 26.3. The topological polar surface area (TPSA) is 47.6 Å². The molecule has 1 aliphatic heterocycles. The number of carbonyl (C=O) groups is 1. The van der Waals surface area contributed by atoms with Gasteiger partial charge in [0, 0.05) is 18.9 Å². The van der Waals surface area contributed by atoms with Crippen molar-refractivity contribution < 1.29 is 14.3 Å². The summed E-state index contributed by atoms with van der Waals surface area (Å²) in [7, 11) is 1.56. The van der Waals surface area contributed by atoms with Crippen LogP contribution in [0.4, 0.5) is 0 Å². The number of nitrogens with one attached hydrogen (secondary N) is 1. The van der Waals surface area contributed by atoms with Crippen LogP contribution in [0.25, 0.3) is 0 Å². The van der Waals surface area contributed by atoms with Gasteiger partial charge in [0.25, 0.3) is 0 Å². The van der Waals surface area contributed by atoms with Crippen molar-refractivity contribution in [1.29, 1.82) is 0 Å². The van der Waals surface area contributed by atoms with Gasteiger partial charge in [-0.2, -0.15) is 0 Å². The van der Waals surface area contributed by atoms with Crippen LogP contribution in [-0.2, 0) is 14.3 Å². The van der Waals surface area contributed by atoms with E-state index in [-0.39, 0.29) is 18.1 Å². The van der Waals surface area contributed by atoms with Gasteiger partial charge < -0.3 is 14.8 Å². The van der Waals surface area contributed by atoms with Gasteiger partial charge in [0.05, 0.1) is 5.70 Å². The Morgan fingerprint density at radius 1 is 1.61 bits per heavy atom. The average Bonchev–Trinajstić information content (AvgIpc) is 2.38. The van der Waals surface area contributed by atoms with Crippen LogP contribution < -0.4 is 5.32 Å². The van der Waals surface area contributed by atoms with Gasteiger partial charge in [-0.15, -0.1) is 6.58 Å². The molecular formula is C14H17NO3. The number of methoxy groups -OCH3 is 1. The highest BCUT2D eigenvalue weighted by molar-refractivity contribution is 5.83. The molecule has 0 saturated heterocycles. The molecule has 0 aromatic carbocycles. The lowest BCUT2D eigenvalue weighted by Gasteiger charge is -2.34. The third-order valence-corrected chi connectivity index (χ3v) is 3.19. The number of hydrogen-bond donors (Lipinski definition) is 1. The molecule has 0 saturated carbocycles. The maximum atomic E-state index is 11.5. The van der Waals surface area contributed by atoms with Gasteiger partial charge in [0.1, 0.15) is 5.76 Å². The molecule has 1 atom stereocenters. The second kappa shape index (κ2) is 4.82. The summed E-state index contributed by atoms with van der Waals surface area (Å²) in [4.78, 5) is 11.5. The first-order valence-corrected chi connectivity index (χ1v) is 5.80. The number of hydrogen-bond acceptors (Lipinski definition) is 3. The summed E-state index contributed by atoms with van der Waals surface area (Å²) in [6.45, 7) is 6.06. The van der Waals surface area contributed by atoms with Crippen molar-refractivity contribution in [3.63, 3.8) is 0 Å². The number of rotatable bonds is 4. The van der Waals surface area contributed by atoms with Crippen LogP contribution in [0.2, 0.25) is 0 Å². The molecular weight excluding hydrogens is 230 g/mol. The molecule has 1 amide bonds. The summed E-state index contributed by atoms with van der Waals surface area (Å²) in [6, 6.07) is 0. The van der Waals surface area contributed by atoms with Crippen LogP contribution in [-0.4, -0.2) is 19.8 Å². The minimum absolute atomic E-state index is 0.0334. The Kier molecular flexibility index (Phi) is 3.39. The number of fused-ring (bicyclic) bond motifs is 1. The van der Waals surface area contributed by atoms with Gasteiger partial charge >= 0.3 is 0 Å². The first-order chi connectivity index (χ1) is 8.60. The summed E-state index contributed by atoms with van der Waals surface area (Å²) >= 11 is 0. The van der Waals surface area contributed by atoms with E-state index in [0.717, 1.165) is 5.57 Å². The van der Waals surface area contributed by atoms with Crippen LogP contribution >= 0.6 is 0 Å². The zero-order chi connectivity index (χ0) is 13.2. The fraction of sp³-hybridized carbons (Fsp3) is 0.357. The lowest BCUT2D eigenvalue weighted by molar-refractivity contribution is -0.119. The molecule has 0 spiro atoms. The maximum absolute atomic E-state index is 11.5. The third-order valence-electron chi connectivity index (χ3n) is 3.19. The van der Waals surface area contributed by atoms with E-state index in [2.05, 4.69) is 11.9 Å². The Morgan fingerprint density at radius 2 is 2.39 bits per heavy atom. The van der Waals surface area contributed by atoms with Crippen LogP contribution in [0.5, 0.6) is 0 Å². The minimum atomic E-state index is -0.275. The van der Waals surface area contributed by atoms with E-state index in [1.807, 2.05) is 31.2 Å². The standard InChI is InChI=1S/C14H17NO3/c1-4-14(2)8-7-11(18-9-17-3)13-10(14)5-6-12(16)15-13/h4-5,7-8H,1,6,9H2,2-3H3,(H,15,16). The summed E-state index contributed by atoms with van der Waals surface area (Å²) < 4.78 is 10.4. The molecule has 1 N–H and O–H groups in total. The zero-order valence-electron chi connectivity index (χ0n) is 10.7. The van der Waals surface area contributed by atoms with Gasteiger partial charge in [-0.25, -0.2) is 0 Å². The van der Waals surface area contributed by atoms with Gasteiger partial charge in [0.2, 0.25) is 5.91 Å². The molecule has 0 bridgehead atoms. The second-order valence-corrected chi connectivity index (χ2v) is 4.48. The van der Waals surface area contributed by atoms with Gasteiger partial charge in [-0.05, 0) is 18.6 Å². The molecule has 4 heteroatoms. The molecule has 1 unspecified atom stereocenters. The lowest BCUT2D eigenvalue weighted by atomic mass is 9.75. The van der Waals surface area contributed by atoms with Crippen molar-refractivity contribution in [3.8, 4) is 0 Å². The Labute approximate surface area is 107 Å². The van der Waals surface area contributed by atoms with E-state index in [0.29, 0.717) is 17.9 Å². The lowest BCUT2D eigenvalue weighted by Crippen LogP contribution is -2.34. The van der Waals surface area contributed by atoms with E-state index < -0.39 is 0 Å². The van der Waals surface area contributed by atoms with E-state index in [9.17, 15) is 4.79 Å². The fourth-order valence-electron chi connectivity index (χ4n) is 2.08. The Hall–Kier alpha value is -1.81. The molecule has 0 aromatic heterocycles. The molecule has 2 aliphatic rings. The van der Waals surface area contributed by atoms with Crippen molar-refractivity contribution in [2.45, 2.75) is 13.3 Å². The van der Waals surface area contributed by atoms with Crippen molar-refractivity contribution >= 4 is 5.91 Å². The highest BCUT2D eigenvalue weighted by Gasteiger charge is 2.33. The highest BCUT2D eigenvalue weighted by atomic mass is 16.7. The zero-order valence-corrected chi connectivity index (χ0v) is 10.7. The number of allylic oxidation sites excluding steroid dienone is 4. The number of ether oxygens (including phenoxy) is 2. The van der Waals surface area contributed by atoms with Crippen LogP contribution in [0.15, 0.2) is 47.9 Å². The van der Waals surface area contributed by atoms with E-state index in [4.69, 9.17) is 9.47 Å². The molecule has 4 nitrogen and oxygen atoms in total. The third kappa shape index (κ3) is 2.11. The molecule has 1 aliphatic carbocycles. The second-order valence-electron chi connectivity index (χ2n) is 4.48. The molecule has 0 aromatic rings. The smallest absolute Gasteiger partial charge is 0.228 e. The van der Waals surface area contributed by atoms with E-state index in [1.165, 1.54) is 0 Å². The quantitative estimate of drug-likeness (QED) is 0.610. The molecule has 2 rings (SSSR count). The molecule has 96 valence electrons. The van der Waals surface area contributed by atoms with E-state index >= 15 is 0 Å². The highest BCUT2D eigenvalue weighted by Crippen LogP contribution is 2.41. The molecule has 18 heavy (non-hydrogen) atoms. The van der Waals surface area contributed by atoms with Crippen molar-refractivity contribution in [1.82, 2.24) is 5.32 Å². The molecule has 0 radical (unpaired) electrons. The first-order valence-electron chi connectivity index (χ1n) is 5.80.